The summed E-state index contributed by atoms with van der Waals surface area (Å²) in [6, 6.07) is 0. The van der Waals surface area contributed by atoms with Crippen LogP contribution in [0.5, 0.6) is 0 Å². The van der Waals surface area contributed by atoms with Crippen molar-refractivity contribution in [3.8, 4) is 0 Å². The van der Waals surface area contributed by atoms with Crippen LogP contribution >= 0.6 is 11.8 Å². The average Bonchev–Trinajstić information content (AvgIpc) is 2.43. The van der Waals surface area contributed by atoms with Crippen molar-refractivity contribution in [2.45, 2.75) is 31.9 Å². The molecule has 0 bridgehead atoms. The molecule has 1 atom stereocenters. The van der Waals surface area contributed by atoms with E-state index in [9.17, 15) is 0 Å². The van der Waals surface area contributed by atoms with Crippen LogP contribution in [0.1, 0.15) is 26.7 Å². The van der Waals surface area contributed by atoms with E-state index >= 15 is 0 Å². The molecule has 1 unspecified atom stereocenters. The van der Waals surface area contributed by atoms with Gasteiger partial charge in [0.25, 0.3) is 0 Å². The van der Waals surface area contributed by atoms with Crippen LogP contribution in [0.2, 0.25) is 0 Å². The SMILES string of the molecule is CC.NCC1CCCS1. The molecule has 0 amide bonds. The van der Waals surface area contributed by atoms with E-state index in [-0.39, 0.29) is 0 Å². The van der Waals surface area contributed by atoms with E-state index < -0.39 is 0 Å². The Morgan fingerprint density at radius 1 is 1.56 bits per heavy atom. The van der Waals surface area contributed by atoms with Crippen molar-refractivity contribution < 1.29 is 0 Å². The molecule has 2 heteroatoms. The van der Waals surface area contributed by atoms with Crippen LogP contribution in [-0.4, -0.2) is 17.5 Å². The van der Waals surface area contributed by atoms with Crippen molar-refractivity contribution in [2.75, 3.05) is 12.3 Å². The summed E-state index contributed by atoms with van der Waals surface area (Å²) in [5.74, 6) is 1.34. The molecule has 0 spiro atoms. The first-order valence-electron chi connectivity index (χ1n) is 3.75. The molecule has 1 aliphatic rings. The van der Waals surface area contributed by atoms with E-state index in [1.165, 1.54) is 18.6 Å². The summed E-state index contributed by atoms with van der Waals surface area (Å²) in [6.45, 7) is 4.88. The molecule has 0 aromatic heterocycles. The average molecular weight is 147 g/mol. The molecule has 0 saturated carbocycles. The summed E-state index contributed by atoms with van der Waals surface area (Å²) in [7, 11) is 0. The zero-order chi connectivity index (χ0) is 7.11. The predicted molar refractivity (Wildman–Crippen MR) is 45.9 cm³/mol. The third-order valence-corrected chi connectivity index (χ3v) is 2.71. The van der Waals surface area contributed by atoms with Gasteiger partial charge in [0, 0.05) is 11.8 Å². The smallest absolute Gasteiger partial charge is 0.0170 e. The highest BCUT2D eigenvalue weighted by Crippen LogP contribution is 2.24. The Labute approximate surface area is 62.4 Å². The van der Waals surface area contributed by atoms with Crippen LogP contribution in [0, 0.1) is 0 Å². The van der Waals surface area contributed by atoms with Crippen molar-refractivity contribution in [2.24, 2.45) is 5.73 Å². The highest BCUT2D eigenvalue weighted by Gasteiger charge is 2.11. The van der Waals surface area contributed by atoms with E-state index in [2.05, 4.69) is 0 Å². The number of rotatable bonds is 1. The van der Waals surface area contributed by atoms with E-state index in [4.69, 9.17) is 5.73 Å². The van der Waals surface area contributed by atoms with Gasteiger partial charge in [-0.1, -0.05) is 13.8 Å². The van der Waals surface area contributed by atoms with Crippen LogP contribution in [0.4, 0.5) is 0 Å². The Balaban J connectivity index is 0.000000291. The monoisotopic (exact) mass is 147 g/mol. The second-order valence-electron chi connectivity index (χ2n) is 1.87. The maximum Gasteiger partial charge on any atom is 0.0170 e. The van der Waals surface area contributed by atoms with Gasteiger partial charge in [-0.2, -0.15) is 11.8 Å². The van der Waals surface area contributed by atoms with Crippen molar-refractivity contribution in [3.63, 3.8) is 0 Å². The lowest BCUT2D eigenvalue weighted by Crippen LogP contribution is -2.12. The normalized spacial score (nSPS) is 25.0. The van der Waals surface area contributed by atoms with E-state index in [1.807, 2.05) is 25.6 Å². The number of nitrogens with two attached hydrogens (primary N) is 1. The van der Waals surface area contributed by atoms with Crippen molar-refractivity contribution >= 4 is 11.8 Å². The summed E-state index contributed by atoms with van der Waals surface area (Å²) in [5.41, 5.74) is 5.41. The molecule has 0 aromatic carbocycles. The Kier molecular flexibility index (Phi) is 6.65. The second kappa shape index (κ2) is 6.43. The van der Waals surface area contributed by atoms with Crippen LogP contribution in [0.3, 0.4) is 0 Å². The van der Waals surface area contributed by atoms with Gasteiger partial charge >= 0.3 is 0 Å². The van der Waals surface area contributed by atoms with Gasteiger partial charge in [0.2, 0.25) is 0 Å². The van der Waals surface area contributed by atoms with Crippen molar-refractivity contribution in [1.82, 2.24) is 0 Å². The topological polar surface area (TPSA) is 26.0 Å². The van der Waals surface area contributed by atoms with Gasteiger partial charge in [-0.3, -0.25) is 0 Å². The van der Waals surface area contributed by atoms with Crippen molar-refractivity contribution in [3.05, 3.63) is 0 Å². The van der Waals surface area contributed by atoms with Gasteiger partial charge in [-0.25, -0.2) is 0 Å². The van der Waals surface area contributed by atoms with E-state index in [0.717, 1.165) is 11.8 Å². The summed E-state index contributed by atoms with van der Waals surface area (Å²) >= 11 is 2.02. The lowest BCUT2D eigenvalue weighted by molar-refractivity contribution is 0.786. The molecule has 1 heterocycles. The summed E-state index contributed by atoms with van der Waals surface area (Å²) in [6.07, 6.45) is 2.73. The summed E-state index contributed by atoms with van der Waals surface area (Å²) in [5, 5.41) is 0.792. The Morgan fingerprint density at radius 3 is 2.44 bits per heavy atom. The number of thioether (sulfide) groups is 1. The standard InChI is InChI=1S/C5H11NS.C2H6/c6-4-5-2-1-3-7-5;1-2/h5H,1-4,6H2;1-2H3. The Hall–Kier alpha value is 0.310. The number of hydrogen-bond donors (Lipinski definition) is 1. The minimum absolute atomic E-state index is 0.792. The van der Waals surface area contributed by atoms with Crippen molar-refractivity contribution in [1.29, 1.82) is 0 Å². The molecule has 0 radical (unpaired) electrons. The molecule has 2 N–H and O–H groups in total. The lowest BCUT2D eigenvalue weighted by Gasteiger charge is -1.99. The van der Waals surface area contributed by atoms with Gasteiger partial charge in [0.15, 0.2) is 0 Å². The van der Waals surface area contributed by atoms with Crippen LogP contribution in [0.15, 0.2) is 0 Å². The molecule has 0 aliphatic carbocycles. The largest absolute Gasteiger partial charge is 0.329 e. The zero-order valence-electron chi connectivity index (χ0n) is 6.39. The fraction of sp³-hybridized carbons (Fsp3) is 1.00. The minimum atomic E-state index is 0.792. The van der Waals surface area contributed by atoms with E-state index in [1.54, 1.807) is 0 Å². The summed E-state index contributed by atoms with van der Waals surface area (Å²) in [4.78, 5) is 0. The molecule has 1 saturated heterocycles. The molecule has 0 aromatic rings. The van der Waals surface area contributed by atoms with Crippen LogP contribution in [0.25, 0.3) is 0 Å². The molecule has 56 valence electrons. The summed E-state index contributed by atoms with van der Waals surface area (Å²) < 4.78 is 0. The third kappa shape index (κ3) is 3.82. The number of hydrogen-bond acceptors (Lipinski definition) is 2. The first-order chi connectivity index (χ1) is 4.43. The molecule has 1 aliphatic heterocycles. The molecule has 1 nitrogen and oxygen atoms in total. The minimum Gasteiger partial charge on any atom is -0.329 e. The maximum atomic E-state index is 5.41. The van der Waals surface area contributed by atoms with Gasteiger partial charge in [-0.15, -0.1) is 0 Å². The van der Waals surface area contributed by atoms with Gasteiger partial charge < -0.3 is 5.73 Å². The lowest BCUT2D eigenvalue weighted by atomic mass is 10.3. The first-order valence-corrected chi connectivity index (χ1v) is 4.80. The van der Waals surface area contributed by atoms with Gasteiger partial charge in [0.1, 0.15) is 0 Å². The van der Waals surface area contributed by atoms with E-state index in [0.29, 0.717) is 0 Å². The molecular weight excluding hydrogens is 130 g/mol. The highest BCUT2D eigenvalue weighted by molar-refractivity contribution is 8.00. The van der Waals surface area contributed by atoms with Crippen LogP contribution in [-0.2, 0) is 0 Å². The molecule has 1 fully saturated rings. The quantitative estimate of drug-likeness (QED) is 0.612. The Bertz CT molecular complexity index is 50.9. The zero-order valence-corrected chi connectivity index (χ0v) is 7.21. The first kappa shape index (κ1) is 9.31. The van der Waals surface area contributed by atoms with Gasteiger partial charge in [-0.05, 0) is 18.6 Å². The molecule has 1 rings (SSSR count). The highest BCUT2D eigenvalue weighted by atomic mass is 32.2. The fourth-order valence-electron chi connectivity index (χ4n) is 0.830. The third-order valence-electron chi connectivity index (χ3n) is 1.29. The second-order valence-corrected chi connectivity index (χ2v) is 3.28. The van der Waals surface area contributed by atoms with Crippen LogP contribution < -0.4 is 5.73 Å². The Morgan fingerprint density at radius 2 is 2.22 bits per heavy atom. The molecular formula is C7H17NS. The molecule has 9 heavy (non-hydrogen) atoms. The predicted octanol–water partition coefficient (Wildman–Crippen LogP) is 1.87. The fourth-order valence-corrected chi connectivity index (χ4v) is 1.97. The van der Waals surface area contributed by atoms with Gasteiger partial charge in [0.05, 0.1) is 0 Å². The maximum absolute atomic E-state index is 5.41.